The monoisotopic (exact) mass is 325 g/mol. The van der Waals surface area contributed by atoms with Crippen LogP contribution in [0.4, 0.5) is 4.79 Å². The lowest BCUT2D eigenvalue weighted by Crippen LogP contribution is -2.48. The number of piperidine rings is 1. The van der Waals surface area contributed by atoms with Gasteiger partial charge in [0.1, 0.15) is 0 Å². The summed E-state index contributed by atoms with van der Waals surface area (Å²) in [7, 11) is 0. The molecule has 0 spiro atoms. The average Bonchev–Trinajstić information content (AvgIpc) is 3.09. The molecule has 0 aromatic heterocycles. The minimum absolute atomic E-state index is 0.0220. The number of aliphatic carboxylic acids is 1. The zero-order valence-electron chi connectivity index (χ0n) is 13.9. The Labute approximate surface area is 137 Å². The summed E-state index contributed by atoms with van der Waals surface area (Å²) < 4.78 is 0. The molecule has 2 aliphatic heterocycles. The molecule has 0 unspecified atom stereocenters. The van der Waals surface area contributed by atoms with Crippen molar-refractivity contribution in [2.75, 3.05) is 39.3 Å². The van der Waals surface area contributed by atoms with E-state index >= 15 is 0 Å². The predicted octanol–water partition coefficient (Wildman–Crippen LogP) is 1.24. The van der Waals surface area contributed by atoms with Crippen molar-refractivity contribution in [2.24, 2.45) is 5.92 Å². The second-order valence-corrected chi connectivity index (χ2v) is 6.30. The van der Waals surface area contributed by atoms with Crippen LogP contribution in [0.2, 0.25) is 0 Å². The van der Waals surface area contributed by atoms with E-state index in [2.05, 4.69) is 0 Å². The molecule has 1 N–H and O–H groups in total. The summed E-state index contributed by atoms with van der Waals surface area (Å²) in [6.45, 7) is 5.57. The summed E-state index contributed by atoms with van der Waals surface area (Å²) in [5, 5.41) is 8.76. The standard InChI is InChI=1S/C16H27N3O4/c1-2-17(12-7-14(20)21)15(22)13-5-10-19(11-6-13)16(23)18-8-3-4-9-18/h13H,2-12H2,1H3,(H,20,21). The third-order valence-electron chi connectivity index (χ3n) is 4.78. The van der Waals surface area contributed by atoms with Gasteiger partial charge in [-0.05, 0) is 32.6 Å². The molecule has 0 aromatic carbocycles. The third-order valence-corrected chi connectivity index (χ3v) is 4.78. The summed E-state index contributed by atoms with van der Waals surface area (Å²) >= 11 is 0. The van der Waals surface area contributed by atoms with Gasteiger partial charge in [0.15, 0.2) is 0 Å². The smallest absolute Gasteiger partial charge is 0.319 e. The van der Waals surface area contributed by atoms with Gasteiger partial charge in [0, 0.05) is 45.2 Å². The second kappa shape index (κ2) is 8.17. The van der Waals surface area contributed by atoms with Crippen molar-refractivity contribution in [3.63, 3.8) is 0 Å². The van der Waals surface area contributed by atoms with E-state index in [1.165, 1.54) is 0 Å². The first kappa shape index (κ1) is 17.6. The summed E-state index contributed by atoms with van der Waals surface area (Å²) in [5.74, 6) is -0.948. The van der Waals surface area contributed by atoms with Crippen molar-refractivity contribution in [2.45, 2.75) is 39.0 Å². The normalized spacial score (nSPS) is 19.0. The van der Waals surface area contributed by atoms with Crippen LogP contribution in [0.25, 0.3) is 0 Å². The number of carbonyl (C=O) groups excluding carboxylic acids is 2. The number of likely N-dealkylation sites (tertiary alicyclic amines) is 2. The topological polar surface area (TPSA) is 81.2 Å². The van der Waals surface area contributed by atoms with Crippen molar-refractivity contribution < 1.29 is 19.5 Å². The van der Waals surface area contributed by atoms with Gasteiger partial charge in [-0.2, -0.15) is 0 Å². The van der Waals surface area contributed by atoms with Gasteiger partial charge in [-0.25, -0.2) is 4.79 Å². The zero-order chi connectivity index (χ0) is 16.8. The Morgan fingerprint density at radius 3 is 2.13 bits per heavy atom. The maximum absolute atomic E-state index is 12.5. The first-order chi connectivity index (χ1) is 11.0. The highest BCUT2D eigenvalue weighted by molar-refractivity contribution is 5.80. The summed E-state index contributed by atoms with van der Waals surface area (Å²) in [6, 6.07) is 0.103. The van der Waals surface area contributed by atoms with Crippen LogP contribution in [0.3, 0.4) is 0 Å². The van der Waals surface area contributed by atoms with Gasteiger partial charge in [-0.1, -0.05) is 0 Å². The van der Waals surface area contributed by atoms with E-state index in [-0.39, 0.29) is 30.8 Å². The molecule has 23 heavy (non-hydrogen) atoms. The van der Waals surface area contributed by atoms with Crippen LogP contribution in [-0.4, -0.2) is 77.0 Å². The molecule has 0 aromatic rings. The lowest BCUT2D eigenvalue weighted by Gasteiger charge is -2.35. The molecule has 7 heteroatoms. The van der Waals surface area contributed by atoms with E-state index in [1.54, 1.807) is 4.90 Å². The van der Waals surface area contributed by atoms with E-state index < -0.39 is 5.97 Å². The fraction of sp³-hybridized carbons (Fsp3) is 0.812. The van der Waals surface area contributed by atoms with Crippen LogP contribution < -0.4 is 0 Å². The lowest BCUT2D eigenvalue weighted by atomic mass is 9.95. The molecule has 0 bridgehead atoms. The third kappa shape index (κ3) is 4.59. The van der Waals surface area contributed by atoms with E-state index in [0.717, 1.165) is 25.9 Å². The molecule has 130 valence electrons. The second-order valence-electron chi connectivity index (χ2n) is 6.30. The number of amides is 3. The van der Waals surface area contributed by atoms with Crippen LogP contribution in [0, 0.1) is 5.92 Å². The molecule has 0 aliphatic carbocycles. The number of carboxylic acid groups (broad SMARTS) is 1. The molecule has 7 nitrogen and oxygen atoms in total. The van der Waals surface area contributed by atoms with Crippen molar-refractivity contribution >= 4 is 17.9 Å². The summed E-state index contributed by atoms with van der Waals surface area (Å²) in [4.78, 5) is 40.9. The molecule has 2 saturated heterocycles. The Morgan fingerprint density at radius 2 is 1.61 bits per heavy atom. The lowest BCUT2D eigenvalue weighted by molar-refractivity contribution is -0.140. The fourth-order valence-corrected chi connectivity index (χ4v) is 3.34. The highest BCUT2D eigenvalue weighted by atomic mass is 16.4. The van der Waals surface area contributed by atoms with Gasteiger partial charge in [0.05, 0.1) is 6.42 Å². The molecule has 0 saturated carbocycles. The maximum atomic E-state index is 12.5. The average molecular weight is 325 g/mol. The Balaban J connectivity index is 1.81. The van der Waals surface area contributed by atoms with Crippen molar-refractivity contribution in [3.8, 4) is 0 Å². The van der Waals surface area contributed by atoms with Crippen LogP contribution in [0.15, 0.2) is 0 Å². The van der Waals surface area contributed by atoms with Crippen LogP contribution in [-0.2, 0) is 9.59 Å². The highest BCUT2D eigenvalue weighted by Crippen LogP contribution is 2.22. The van der Waals surface area contributed by atoms with Crippen molar-refractivity contribution in [3.05, 3.63) is 0 Å². The highest BCUT2D eigenvalue weighted by Gasteiger charge is 2.32. The van der Waals surface area contributed by atoms with E-state index in [0.29, 0.717) is 32.5 Å². The number of carboxylic acids is 1. The minimum atomic E-state index is -0.887. The van der Waals surface area contributed by atoms with Crippen LogP contribution >= 0.6 is 0 Å². The van der Waals surface area contributed by atoms with E-state index in [9.17, 15) is 14.4 Å². The number of nitrogens with zero attached hydrogens (tertiary/aromatic N) is 3. The fourth-order valence-electron chi connectivity index (χ4n) is 3.34. The zero-order valence-corrected chi connectivity index (χ0v) is 13.9. The largest absolute Gasteiger partial charge is 0.481 e. The number of rotatable bonds is 5. The Hall–Kier alpha value is -1.79. The number of carbonyl (C=O) groups is 3. The molecule has 3 amide bonds. The molecule has 2 rings (SSSR count). The van der Waals surface area contributed by atoms with Crippen LogP contribution in [0.5, 0.6) is 0 Å². The first-order valence-electron chi connectivity index (χ1n) is 8.57. The van der Waals surface area contributed by atoms with Gasteiger partial charge in [0.25, 0.3) is 0 Å². The SMILES string of the molecule is CCN(CCC(=O)O)C(=O)C1CCN(C(=O)N2CCCC2)CC1. The quantitative estimate of drug-likeness (QED) is 0.824. The van der Waals surface area contributed by atoms with Gasteiger partial charge in [0.2, 0.25) is 5.91 Å². The molecule has 2 aliphatic rings. The molecule has 0 radical (unpaired) electrons. The Morgan fingerprint density at radius 1 is 1.04 bits per heavy atom. The number of hydrogen-bond acceptors (Lipinski definition) is 3. The Bertz CT molecular complexity index is 441. The van der Waals surface area contributed by atoms with Crippen molar-refractivity contribution in [1.29, 1.82) is 0 Å². The minimum Gasteiger partial charge on any atom is -0.481 e. The predicted molar refractivity (Wildman–Crippen MR) is 85.0 cm³/mol. The van der Waals surface area contributed by atoms with Gasteiger partial charge >= 0.3 is 12.0 Å². The number of hydrogen-bond donors (Lipinski definition) is 1. The molecule has 2 heterocycles. The van der Waals surface area contributed by atoms with Gasteiger partial charge in [-0.3, -0.25) is 9.59 Å². The first-order valence-corrected chi connectivity index (χ1v) is 8.57. The van der Waals surface area contributed by atoms with E-state index in [1.807, 2.05) is 16.7 Å². The maximum Gasteiger partial charge on any atom is 0.319 e. The van der Waals surface area contributed by atoms with Crippen molar-refractivity contribution in [1.82, 2.24) is 14.7 Å². The molecular weight excluding hydrogens is 298 g/mol. The summed E-state index contributed by atoms with van der Waals surface area (Å²) in [6.07, 6.45) is 3.47. The Kier molecular flexibility index (Phi) is 6.24. The van der Waals surface area contributed by atoms with Gasteiger partial charge in [-0.15, -0.1) is 0 Å². The molecular formula is C16H27N3O4. The van der Waals surface area contributed by atoms with Gasteiger partial charge < -0.3 is 19.8 Å². The molecule has 2 fully saturated rings. The number of urea groups is 1. The summed E-state index contributed by atoms with van der Waals surface area (Å²) in [5.41, 5.74) is 0. The molecule has 0 atom stereocenters. The van der Waals surface area contributed by atoms with Crippen LogP contribution in [0.1, 0.15) is 39.0 Å². The van der Waals surface area contributed by atoms with E-state index in [4.69, 9.17) is 5.11 Å².